The van der Waals surface area contributed by atoms with Crippen molar-refractivity contribution in [3.8, 4) is 11.3 Å². The second-order valence-corrected chi connectivity index (χ2v) is 6.76. The van der Waals surface area contributed by atoms with Crippen molar-refractivity contribution in [1.82, 2.24) is 9.97 Å². The highest BCUT2D eigenvalue weighted by Crippen LogP contribution is 2.37. The van der Waals surface area contributed by atoms with Crippen LogP contribution in [-0.4, -0.2) is 9.97 Å². The summed E-state index contributed by atoms with van der Waals surface area (Å²) >= 11 is 0. The van der Waals surface area contributed by atoms with Crippen LogP contribution in [0, 0.1) is 13.7 Å². The zero-order chi connectivity index (χ0) is 28.6. The zero-order valence-electron chi connectivity index (χ0n) is 26.3. The summed E-state index contributed by atoms with van der Waals surface area (Å²) < 4.78 is 94.2. The maximum absolute atomic E-state index is 8.43. The SMILES string of the molecule is [2H]C([2H])([2H])c1cc(-c2ccc(C([2H])([2H])[2H])c3c2oc2nc(C([2H])(C)C)ccc23)ncc1C([2H])(C)C([2H])([2H])[2H]. The van der Waals surface area contributed by atoms with E-state index in [1.54, 1.807) is 26.0 Å². The van der Waals surface area contributed by atoms with Gasteiger partial charge in [0.15, 0.2) is 0 Å². The van der Waals surface area contributed by atoms with Crippen molar-refractivity contribution in [2.45, 2.75) is 53.1 Å². The van der Waals surface area contributed by atoms with Crippen LogP contribution in [0.25, 0.3) is 33.3 Å². The Morgan fingerprint density at radius 3 is 2.63 bits per heavy atom. The van der Waals surface area contributed by atoms with E-state index in [1.807, 2.05) is 0 Å². The maximum atomic E-state index is 8.43. The van der Waals surface area contributed by atoms with Crippen LogP contribution >= 0.6 is 0 Å². The van der Waals surface area contributed by atoms with Crippen LogP contribution in [-0.2, 0) is 0 Å². The number of hydrogen-bond acceptors (Lipinski definition) is 3. The lowest BCUT2D eigenvalue weighted by atomic mass is 9.97. The van der Waals surface area contributed by atoms with Crippen molar-refractivity contribution in [2.75, 3.05) is 0 Å². The topological polar surface area (TPSA) is 38.9 Å². The second-order valence-electron chi connectivity index (χ2n) is 6.76. The summed E-state index contributed by atoms with van der Waals surface area (Å²) in [7, 11) is 0. The van der Waals surface area contributed by atoms with Crippen LogP contribution in [0.5, 0.6) is 0 Å². The Labute approximate surface area is 175 Å². The summed E-state index contributed by atoms with van der Waals surface area (Å²) in [5.74, 6) is -3.29. The highest BCUT2D eigenvalue weighted by molar-refractivity contribution is 6.10. The summed E-state index contributed by atoms with van der Waals surface area (Å²) in [5, 5.41) is 0.670. The fraction of sp³-hybridized carbons (Fsp3) is 0.333. The van der Waals surface area contributed by atoms with Gasteiger partial charge in [-0.1, -0.05) is 33.7 Å². The minimum atomic E-state index is -2.82. The number of benzene rings is 1. The third-order valence-electron chi connectivity index (χ3n) is 4.58. The molecule has 0 N–H and O–H groups in total. The van der Waals surface area contributed by atoms with E-state index in [4.69, 9.17) is 19.5 Å². The Bertz CT molecular complexity index is 1540. The van der Waals surface area contributed by atoms with E-state index in [2.05, 4.69) is 9.97 Å². The average molecular weight is 370 g/mol. The number of aryl methyl sites for hydroxylation is 2. The molecule has 1 atom stereocenters. The number of aromatic nitrogens is 2. The molecule has 0 aliphatic carbocycles. The van der Waals surface area contributed by atoms with E-state index >= 15 is 0 Å². The minimum Gasteiger partial charge on any atom is -0.437 e. The first-order valence-electron chi connectivity index (χ1n) is 14.0. The summed E-state index contributed by atoms with van der Waals surface area (Å²) in [6.45, 7) is -3.66. The average Bonchev–Trinajstić information content (AvgIpc) is 3.14. The van der Waals surface area contributed by atoms with Crippen LogP contribution in [0.1, 0.15) is 76.9 Å². The number of pyridine rings is 2. The van der Waals surface area contributed by atoms with Gasteiger partial charge in [-0.2, -0.15) is 0 Å². The summed E-state index contributed by atoms with van der Waals surface area (Å²) in [6.07, 6.45) is 1.07. The standard InChI is InChI=1S/C24H26N2O/c1-13(2)19-12-25-21(11-16(19)6)17-8-7-15(5)22-18-9-10-20(14(3)4)26-24(18)27-23(17)22/h7-14H,1-6H3/i1D3,5D3,6D3,13D,14D. The van der Waals surface area contributed by atoms with Gasteiger partial charge in [-0.25, -0.2) is 4.98 Å². The molecule has 3 nitrogen and oxygen atoms in total. The fourth-order valence-electron chi connectivity index (χ4n) is 3.14. The molecule has 4 rings (SSSR count). The van der Waals surface area contributed by atoms with Gasteiger partial charge in [-0.15, -0.1) is 0 Å². The number of rotatable bonds is 3. The van der Waals surface area contributed by atoms with E-state index < -0.39 is 32.3 Å². The molecule has 0 amide bonds. The third-order valence-corrected chi connectivity index (χ3v) is 4.58. The molecule has 3 heteroatoms. The molecule has 0 spiro atoms. The van der Waals surface area contributed by atoms with Crippen molar-refractivity contribution in [3.63, 3.8) is 0 Å². The maximum Gasteiger partial charge on any atom is 0.227 e. The van der Waals surface area contributed by atoms with E-state index in [1.165, 1.54) is 18.2 Å². The Morgan fingerprint density at radius 2 is 1.89 bits per heavy atom. The van der Waals surface area contributed by atoms with E-state index in [9.17, 15) is 0 Å². The highest BCUT2D eigenvalue weighted by Gasteiger charge is 2.17. The van der Waals surface area contributed by atoms with Gasteiger partial charge in [0.1, 0.15) is 5.58 Å². The Hall–Kier alpha value is -2.68. The second kappa shape index (κ2) is 6.49. The normalized spacial score (nSPS) is 22.0. The monoisotopic (exact) mass is 369 g/mol. The van der Waals surface area contributed by atoms with Gasteiger partial charge in [0.2, 0.25) is 5.71 Å². The third kappa shape index (κ3) is 2.91. The van der Waals surface area contributed by atoms with E-state index in [-0.39, 0.29) is 44.6 Å². The Balaban J connectivity index is 2.06. The first-order chi connectivity index (χ1) is 17.1. The predicted octanol–water partition coefficient (Wildman–Crippen LogP) is 6.91. The van der Waals surface area contributed by atoms with Gasteiger partial charge in [-0.3, -0.25) is 4.98 Å². The fourth-order valence-corrected chi connectivity index (χ4v) is 3.14. The molecule has 0 saturated carbocycles. The Kier molecular flexibility index (Phi) is 2.16. The number of fused-ring (bicyclic) bond motifs is 3. The molecule has 27 heavy (non-hydrogen) atoms. The van der Waals surface area contributed by atoms with Crippen LogP contribution < -0.4 is 0 Å². The number of nitrogens with zero attached hydrogens (tertiary/aromatic N) is 2. The molecular weight excluding hydrogens is 332 g/mol. The lowest BCUT2D eigenvalue weighted by molar-refractivity contribution is 0.648. The van der Waals surface area contributed by atoms with Crippen LogP contribution in [0.4, 0.5) is 0 Å². The Morgan fingerprint density at radius 1 is 1.04 bits per heavy atom. The molecule has 0 aliphatic rings. The molecule has 0 radical (unpaired) electrons. The summed E-state index contributed by atoms with van der Waals surface area (Å²) in [6, 6.07) is 7.32. The molecule has 0 fully saturated rings. The molecule has 3 heterocycles. The number of furan rings is 1. The van der Waals surface area contributed by atoms with Gasteiger partial charge in [0.05, 0.1) is 5.69 Å². The quantitative estimate of drug-likeness (QED) is 0.394. The van der Waals surface area contributed by atoms with E-state index in [0.29, 0.717) is 11.1 Å². The molecule has 4 aromatic rings. The van der Waals surface area contributed by atoms with Gasteiger partial charge in [0.25, 0.3) is 0 Å². The molecule has 138 valence electrons. The van der Waals surface area contributed by atoms with Crippen molar-refractivity contribution in [2.24, 2.45) is 0 Å². The van der Waals surface area contributed by atoms with Crippen LogP contribution in [0.2, 0.25) is 0 Å². The van der Waals surface area contributed by atoms with Gasteiger partial charge in [0, 0.05) is 43.3 Å². The zero-order valence-corrected chi connectivity index (χ0v) is 15.3. The molecule has 1 aromatic carbocycles. The summed E-state index contributed by atoms with van der Waals surface area (Å²) in [5.41, 5.74) is 0.406. The molecule has 0 aliphatic heterocycles. The molecule has 0 saturated heterocycles. The van der Waals surface area contributed by atoms with Crippen LogP contribution in [0.3, 0.4) is 0 Å². The lowest BCUT2D eigenvalue weighted by Crippen LogP contribution is -1.95. The number of hydrogen-bond donors (Lipinski definition) is 0. The summed E-state index contributed by atoms with van der Waals surface area (Å²) in [4.78, 5) is 8.74. The van der Waals surface area contributed by atoms with Crippen molar-refractivity contribution in [3.05, 3.63) is 58.9 Å². The van der Waals surface area contributed by atoms with Crippen LogP contribution in [0.15, 0.2) is 40.9 Å². The lowest BCUT2D eigenvalue weighted by Gasteiger charge is -2.11. The molecule has 1 unspecified atom stereocenters. The van der Waals surface area contributed by atoms with Crippen molar-refractivity contribution in [1.29, 1.82) is 0 Å². The van der Waals surface area contributed by atoms with E-state index in [0.717, 1.165) is 13.1 Å². The van der Waals surface area contributed by atoms with Gasteiger partial charge < -0.3 is 4.42 Å². The molecular formula is C24H26N2O. The predicted molar refractivity (Wildman–Crippen MR) is 112 cm³/mol. The minimum absolute atomic E-state index is 0.00323. The first-order valence-corrected chi connectivity index (χ1v) is 8.52. The molecule has 0 bridgehead atoms. The van der Waals surface area contributed by atoms with Crippen molar-refractivity contribution >= 4 is 22.1 Å². The highest BCUT2D eigenvalue weighted by atomic mass is 16.3. The largest absolute Gasteiger partial charge is 0.437 e. The van der Waals surface area contributed by atoms with Gasteiger partial charge >= 0.3 is 0 Å². The smallest absolute Gasteiger partial charge is 0.227 e. The van der Waals surface area contributed by atoms with Gasteiger partial charge in [-0.05, 0) is 66.4 Å². The molecule has 3 aromatic heterocycles. The first kappa shape index (κ1) is 9.01. The van der Waals surface area contributed by atoms with Crippen molar-refractivity contribution < 1.29 is 19.5 Å².